The van der Waals surface area contributed by atoms with Crippen molar-refractivity contribution >= 4 is 28.8 Å². The number of thiazole rings is 1. The number of amides is 2. The van der Waals surface area contributed by atoms with E-state index < -0.39 is 29.5 Å². The Kier molecular flexibility index (Phi) is 7.46. The lowest BCUT2D eigenvalue weighted by Crippen LogP contribution is -2.48. The van der Waals surface area contributed by atoms with Crippen LogP contribution in [-0.2, 0) is 16.0 Å². The van der Waals surface area contributed by atoms with E-state index in [0.717, 1.165) is 48.5 Å². The number of aliphatic hydroxyl groups excluding tert-OH is 1. The predicted octanol–water partition coefficient (Wildman–Crippen LogP) is 2.20. The fourth-order valence-corrected chi connectivity index (χ4v) is 4.56. The minimum Gasteiger partial charge on any atom is -0.396 e. The maximum Gasteiger partial charge on any atom is 0.313 e. The number of aliphatic hydroxyl groups is 1. The number of carbonyl (C=O) groups excluding carboxylic acids is 2. The van der Waals surface area contributed by atoms with E-state index in [2.05, 4.69) is 20.9 Å². The third-order valence-electron chi connectivity index (χ3n) is 4.94. The second kappa shape index (κ2) is 10.1. The molecule has 3 rings (SSSR count). The molecule has 1 aromatic carbocycles. The maximum atomic E-state index is 13.3. The summed E-state index contributed by atoms with van der Waals surface area (Å²) in [5, 5.41) is 18.3. The molecule has 2 aromatic rings. The monoisotopic (exact) mass is 438 g/mol. The quantitative estimate of drug-likeness (QED) is 0.518. The van der Waals surface area contributed by atoms with E-state index in [9.17, 15) is 23.5 Å². The summed E-state index contributed by atoms with van der Waals surface area (Å²) < 4.78 is 26.4. The highest BCUT2D eigenvalue weighted by atomic mass is 32.1. The molecular weight excluding hydrogens is 414 g/mol. The van der Waals surface area contributed by atoms with E-state index in [-0.39, 0.29) is 18.3 Å². The summed E-state index contributed by atoms with van der Waals surface area (Å²) in [5.74, 6) is -4.04. The highest BCUT2D eigenvalue weighted by molar-refractivity contribution is 7.11. The molecule has 0 aliphatic carbocycles. The van der Waals surface area contributed by atoms with Crippen LogP contribution in [-0.4, -0.2) is 41.1 Å². The number of carbonyl (C=O) groups is 2. The molecule has 0 bridgehead atoms. The first-order valence-corrected chi connectivity index (χ1v) is 10.6. The van der Waals surface area contributed by atoms with Crippen LogP contribution in [0.1, 0.15) is 40.9 Å². The Morgan fingerprint density at radius 1 is 1.30 bits per heavy atom. The predicted molar refractivity (Wildman–Crippen MR) is 109 cm³/mol. The first kappa shape index (κ1) is 22.3. The van der Waals surface area contributed by atoms with Crippen molar-refractivity contribution in [2.24, 2.45) is 0 Å². The zero-order valence-corrected chi connectivity index (χ0v) is 17.3. The molecule has 0 saturated carbocycles. The first-order chi connectivity index (χ1) is 14.4. The average Bonchev–Trinajstić information content (AvgIpc) is 3.09. The Labute approximate surface area is 176 Å². The number of aromatic nitrogens is 1. The summed E-state index contributed by atoms with van der Waals surface area (Å²) >= 11 is 1.40. The standard InChI is InChI=1S/C20H24F2N4O3S/c1-11-16(7-9-27)30-20(24-11)17(15-4-2-3-8-23-15)26-19(29)18(28)25-12-5-6-13(21)14(22)10-12/h5-6,10,15,17,23,27H,2-4,7-9H2,1H3,(H,25,28)(H,26,29). The summed E-state index contributed by atoms with van der Waals surface area (Å²) in [6.45, 7) is 2.64. The van der Waals surface area contributed by atoms with Crippen LogP contribution in [0.5, 0.6) is 0 Å². The van der Waals surface area contributed by atoms with Crippen LogP contribution in [0.15, 0.2) is 18.2 Å². The molecule has 0 spiro atoms. The highest BCUT2D eigenvalue weighted by Gasteiger charge is 2.31. The molecule has 1 aliphatic heterocycles. The van der Waals surface area contributed by atoms with Gasteiger partial charge in [0.1, 0.15) is 5.01 Å². The third-order valence-corrected chi connectivity index (χ3v) is 6.24. The molecule has 10 heteroatoms. The molecule has 162 valence electrons. The number of halogens is 2. The second-order valence-electron chi connectivity index (χ2n) is 7.12. The topological polar surface area (TPSA) is 103 Å². The van der Waals surface area contributed by atoms with Crippen molar-refractivity contribution in [2.45, 2.75) is 44.7 Å². The Morgan fingerprint density at radius 2 is 2.10 bits per heavy atom. The number of nitrogens with one attached hydrogen (secondary N) is 3. The molecule has 1 aromatic heterocycles. The van der Waals surface area contributed by atoms with Crippen molar-refractivity contribution in [3.63, 3.8) is 0 Å². The number of piperidine rings is 1. The number of anilines is 1. The zero-order valence-electron chi connectivity index (χ0n) is 16.5. The molecule has 4 N–H and O–H groups in total. The SMILES string of the molecule is Cc1nc(C(NC(=O)C(=O)Nc2ccc(F)c(F)c2)C2CCCCN2)sc1CCO. The van der Waals surface area contributed by atoms with Crippen LogP contribution < -0.4 is 16.0 Å². The van der Waals surface area contributed by atoms with Gasteiger partial charge in [-0.15, -0.1) is 11.3 Å². The number of nitrogens with zero attached hydrogens (tertiary/aromatic N) is 1. The summed E-state index contributed by atoms with van der Waals surface area (Å²) in [4.78, 5) is 30.4. The lowest BCUT2D eigenvalue weighted by molar-refractivity contribution is -0.136. The summed E-state index contributed by atoms with van der Waals surface area (Å²) in [5.41, 5.74) is 0.766. The van der Waals surface area contributed by atoms with Gasteiger partial charge in [0.2, 0.25) is 0 Å². The van der Waals surface area contributed by atoms with Crippen molar-refractivity contribution in [3.8, 4) is 0 Å². The zero-order chi connectivity index (χ0) is 21.7. The molecular formula is C20H24F2N4O3S. The van der Waals surface area contributed by atoms with Gasteiger partial charge < -0.3 is 21.1 Å². The van der Waals surface area contributed by atoms with Gasteiger partial charge in [0.05, 0.1) is 11.7 Å². The second-order valence-corrected chi connectivity index (χ2v) is 8.24. The largest absolute Gasteiger partial charge is 0.396 e. The van der Waals surface area contributed by atoms with Crippen LogP contribution in [0, 0.1) is 18.6 Å². The van der Waals surface area contributed by atoms with E-state index in [1.165, 1.54) is 17.4 Å². The summed E-state index contributed by atoms with van der Waals surface area (Å²) in [6, 6.07) is 2.25. The number of benzene rings is 1. The molecule has 7 nitrogen and oxygen atoms in total. The van der Waals surface area contributed by atoms with Gasteiger partial charge in [0, 0.05) is 35.7 Å². The van der Waals surface area contributed by atoms with Crippen LogP contribution in [0.3, 0.4) is 0 Å². The average molecular weight is 439 g/mol. The van der Waals surface area contributed by atoms with E-state index in [0.29, 0.717) is 11.4 Å². The Bertz CT molecular complexity index is 915. The summed E-state index contributed by atoms with van der Waals surface area (Å²) in [7, 11) is 0. The number of hydrogen-bond acceptors (Lipinski definition) is 6. The molecule has 2 unspecified atom stereocenters. The van der Waals surface area contributed by atoms with Gasteiger partial charge in [-0.2, -0.15) is 0 Å². The van der Waals surface area contributed by atoms with Gasteiger partial charge in [-0.3, -0.25) is 9.59 Å². The Balaban J connectivity index is 1.76. The molecule has 2 amide bonds. The van der Waals surface area contributed by atoms with Crippen LogP contribution in [0.2, 0.25) is 0 Å². The Hall–Kier alpha value is -2.43. The fraction of sp³-hybridized carbons (Fsp3) is 0.450. The van der Waals surface area contributed by atoms with Gasteiger partial charge in [0.15, 0.2) is 11.6 Å². The van der Waals surface area contributed by atoms with Gasteiger partial charge in [-0.25, -0.2) is 13.8 Å². The van der Waals surface area contributed by atoms with Crippen molar-refractivity contribution in [1.29, 1.82) is 0 Å². The molecule has 1 saturated heterocycles. The minimum atomic E-state index is -1.12. The van der Waals surface area contributed by atoms with Crippen molar-refractivity contribution in [1.82, 2.24) is 15.6 Å². The van der Waals surface area contributed by atoms with Crippen LogP contribution in [0.25, 0.3) is 0 Å². The molecule has 2 heterocycles. The Morgan fingerprint density at radius 3 is 2.77 bits per heavy atom. The van der Waals surface area contributed by atoms with E-state index >= 15 is 0 Å². The smallest absolute Gasteiger partial charge is 0.313 e. The van der Waals surface area contributed by atoms with Crippen LogP contribution >= 0.6 is 11.3 Å². The lowest BCUT2D eigenvalue weighted by atomic mass is 9.98. The fourth-order valence-electron chi connectivity index (χ4n) is 3.38. The van der Waals surface area contributed by atoms with Gasteiger partial charge in [0.25, 0.3) is 0 Å². The maximum absolute atomic E-state index is 13.3. The first-order valence-electron chi connectivity index (χ1n) is 9.76. The molecule has 1 fully saturated rings. The van der Waals surface area contributed by atoms with Crippen molar-refractivity contribution < 1.29 is 23.5 Å². The number of hydrogen-bond donors (Lipinski definition) is 4. The van der Waals surface area contributed by atoms with E-state index in [1.54, 1.807) is 0 Å². The molecule has 1 aliphatic rings. The normalized spacial score (nSPS) is 17.4. The van der Waals surface area contributed by atoms with E-state index in [4.69, 9.17) is 0 Å². The lowest BCUT2D eigenvalue weighted by Gasteiger charge is -2.30. The van der Waals surface area contributed by atoms with E-state index in [1.807, 2.05) is 6.92 Å². The van der Waals surface area contributed by atoms with Gasteiger partial charge in [-0.05, 0) is 38.4 Å². The molecule has 0 radical (unpaired) electrons. The number of rotatable bonds is 6. The van der Waals surface area contributed by atoms with Crippen LogP contribution in [0.4, 0.5) is 14.5 Å². The van der Waals surface area contributed by atoms with Crippen molar-refractivity contribution in [2.75, 3.05) is 18.5 Å². The van der Waals surface area contributed by atoms with Crippen molar-refractivity contribution in [3.05, 3.63) is 45.4 Å². The van der Waals surface area contributed by atoms with Gasteiger partial charge in [-0.1, -0.05) is 6.42 Å². The number of aryl methyl sites for hydroxylation is 1. The van der Waals surface area contributed by atoms with Gasteiger partial charge >= 0.3 is 11.8 Å². The summed E-state index contributed by atoms with van der Waals surface area (Å²) in [6.07, 6.45) is 3.29. The molecule has 2 atom stereocenters. The minimum absolute atomic E-state index is 0.00217. The highest BCUT2D eigenvalue weighted by Crippen LogP contribution is 2.29. The molecule has 30 heavy (non-hydrogen) atoms. The third kappa shape index (κ3) is 5.38.